The molecule has 1 aromatic heterocycles. The molecule has 0 aromatic carbocycles. The monoisotopic (exact) mass is 280 g/mol. The summed E-state index contributed by atoms with van der Waals surface area (Å²) in [5, 5.41) is 12.8. The topological polar surface area (TPSA) is 58.1 Å². The Morgan fingerprint density at radius 3 is 2.79 bits per heavy atom. The molecule has 6 heteroatoms. The van der Waals surface area contributed by atoms with Gasteiger partial charge in [-0.15, -0.1) is 10.2 Å². The van der Waals surface area contributed by atoms with Gasteiger partial charge in [0.1, 0.15) is 5.01 Å². The number of carbonyl (C=O) groups excluding carboxylic acids is 1. The molecule has 2 heterocycles. The third-order valence-corrected chi connectivity index (χ3v) is 4.93. The molecule has 1 aliphatic heterocycles. The Balaban J connectivity index is 1.55. The Bertz CT molecular complexity index is 469. The number of aromatic nitrogens is 2. The van der Waals surface area contributed by atoms with Crippen molar-refractivity contribution in [2.24, 2.45) is 0 Å². The van der Waals surface area contributed by atoms with Gasteiger partial charge in [-0.1, -0.05) is 11.3 Å². The third kappa shape index (κ3) is 2.95. The van der Waals surface area contributed by atoms with Crippen molar-refractivity contribution in [3.63, 3.8) is 0 Å². The van der Waals surface area contributed by atoms with E-state index in [0.717, 1.165) is 24.5 Å². The highest BCUT2D eigenvalue weighted by atomic mass is 32.1. The minimum absolute atomic E-state index is 0.0555. The summed E-state index contributed by atoms with van der Waals surface area (Å²) in [5.74, 6) is 0.516. The first kappa shape index (κ1) is 13.0. The summed E-state index contributed by atoms with van der Waals surface area (Å²) in [7, 11) is 0. The van der Waals surface area contributed by atoms with Gasteiger partial charge in [0.25, 0.3) is 5.91 Å². The maximum Gasteiger partial charge on any atom is 0.282 e. The van der Waals surface area contributed by atoms with E-state index in [1.54, 1.807) is 0 Å². The summed E-state index contributed by atoms with van der Waals surface area (Å²) < 4.78 is 0. The second kappa shape index (κ2) is 5.17. The lowest BCUT2D eigenvalue weighted by Gasteiger charge is -2.20. The highest BCUT2D eigenvalue weighted by Crippen LogP contribution is 2.41. The van der Waals surface area contributed by atoms with E-state index in [4.69, 9.17) is 0 Å². The van der Waals surface area contributed by atoms with Gasteiger partial charge in [-0.2, -0.15) is 0 Å². The number of hydrogen-bond acceptors (Lipinski definition) is 5. The third-order valence-electron chi connectivity index (χ3n) is 3.85. The van der Waals surface area contributed by atoms with Crippen LogP contribution in [0.15, 0.2) is 0 Å². The zero-order valence-electron chi connectivity index (χ0n) is 11.4. The first-order valence-corrected chi connectivity index (χ1v) is 7.83. The van der Waals surface area contributed by atoms with Crippen LogP contribution in [-0.4, -0.2) is 46.2 Å². The fourth-order valence-electron chi connectivity index (χ4n) is 2.44. The van der Waals surface area contributed by atoms with E-state index >= 15 is 0 Å². The Morgan fingerprint density at radius 1 is 1.37 bits per heavy atom. The first-order chi connectivity index (χ1) is 9.13. The molecule has 19 heavy (non-hydrogen) atoms. The smallest absolute Gasteiger partial charge is 0.282 e. The van der Waals surface area contributed by atoms with Crippen LogP contribution in [0, 0.1) is 0 Å². The first-order valence-electron chi connectivity index (χ1n) is 7.02. The highest BCUT2D eigenvalue weighted by Gasteiger charge is 2.30. The summed E-state index contributed by atoms with van der Waals surface area (Å²) in [4.78, 5) is 14.5. The predicted octanol–water partition coefficient (Wildman–Crippen LogP) is 1.63. The fraction of sp³-hybridized carbons (Fsp3) is 0.769. The Morgan fingerprint density at radius 2 is 2.16 bits per heavy atom. The molecule has 1 aliphatic carbocycles. The number of amides is 1. The molecule has 1 aromatic rings. The van der Waals surface area contributed by atoms with E-state index < -0.39 is 0 Å². The van der Waals surface area contributed by atoms with Crippen molar-refractivity contribution in [2.75, 3.05) is 13.1 Å². The normalized spacial score (nSPS) is 24.1. The summed E-state index contributed by atoms with van der Waals surface area (Å²) >= 11 is 1.45. The van der Waals surface area contributed by atoms with Gasteiger partial charge in [0.05, 0.1) is 0 Å². The average Bonchev–Trinajstić information content (AvgIpc) is 2.92. The summed E-state index contributed by atoms with van der Waals surface area (Å²) in [6, 6.07) is 0.799. The van der Waals surface area contributed by atoms with Crippen LogP contribution in [0.1, 0.15) is 53.8 Å². The van der Waals surface area contributed by atoms with Gasteiger partial charge in [-0.25, -0.2) is 0 Å². The van der Waals surface area contributed by atoms with Crippen LogP contribution < -0.4 is 5.32 Å². The lowest BCUT2D eigenvalue weighted by molar-refractivity contribution is 0.0935. The molecule has 1 atom stereocenters. The van der Waals surface area contributed by atoms with Gasteiger partial charge in [-0.05, 0) is 33.1 Å². The second-order valence-electron chi connectivity index (χ2n) is 5.77. The van der Waals surface area contributed by atoms with Crippen molar-refractivity contribution < 1.29 is 4.79 Å². The van der Waals surface area contributed by atoms with Crippen molar-refractivity contribution in [3.8, 4) is 0 Å². The van der Waals surface area contributed by atoms with Crippen LogP contribution >= 0.6 is 11.3 Å². The molecule has 0 unspecified atom stereocenters. The second-order valence-corrected chi connectivity index (χ2v) is 6.78. The zero-order valence-corrected chi connectivity index (χ0v) is 12.2. The predicted molar refractivity (Wildman–Crippen MR) is 74.5 cm³/mol. The molecule has 0 radical (unpaired) electrons. The van der Waals surface area contributed by atoms with Crippen LogP contribution in [0.3, 0.4) is 0 Å². The Hall–Kier alpha value is -1.01. The SMILES string of the molecule is CC(C)N1CC[C@H](NC(=O)c2nnc(C3CC3)s2)C1. The molecule has 104 valence electrons. The number of nitrogens with zero attached hydrogens (tertiary/aromatic N) is 3. The van der Waals surface area contributed by atoms with Gasteiger partial charge in [0.15, 0.2) is 0 Å². The van der Waals surface area contributed by atoms with E-state index in [2.05, 4.69) is 34.3 Å². The number of likely N-dealkylation sites (tertiary alicyclic amines) is 1. The number of rotatable bonds is 4. The molecular formula is C13H20N4OS. The van der Waals surface area contributed by atoms with Gasteiger partial charge >= 0.3 is 0 Å². The lowest BCUT2D eigenvalue weighted by Crippen LogP contribution is -2.38. The molecular weight excluding hydrogens is 260 g/mol. The van der Waals surface area contributed by atoms with Crippen molar-refractivity contribution in [2.45, 2.75) is 51.1 Å². The van der Waals surface area contributed by atoms with E-state index in [0.29, 0.717) is 17.0 Å². The van der Waals surface area contributed by atoms with Gasteiger partial charge in [0, 0.05) is 31.1 Å². The van der Waals surface area contributed by atoms with Crippen molar-refractivity contribution in [3.05, 3.63) is 10.0 Å². The van der Waals surface area contributed by atoms with E-state index in [1.165, 1.54) is 24.2 Å². The standard InChI is InChI=1S/C13H20N4OS/c1-8(2)17-6-5-10(7-17)14-11(18)13-16-15-12(19-13)9-3-4-9/h8-10H,3-7H2,1-2H3,(H,14,18)/t10-/m0/s1. The molecule has 1 saturated heterocycles. The Kier molecular flexibility index (Phi) is 3.54. The van der Waals surface area contributed by atoms with Crippen LogP contribution in [0.25, 0.3) is 0 Å². The van der Waals surface area contributed by atoms with Gasteiger partial charge in [-0.3, -0.25) is 9.69 Å². The number of nitrogens with one attached hydrogen (secondary N) is 1. The number of carbonyl (C=O) groups is 1. The lowest BCUT2D eigenvalue weighted by atomic mass is 10.2. The maximum absolute atomic E-state index is 12.1. The van der Waals surface area contributed by atoms with Crippen molar-refractivity contribution in [1.82, 2.24) is 20.4 Å². The minimum atomic E-state index is -0.0555. The molecule has 0 spiro atoms. The molecule has 5 nitrogen and oxygen atoms in total. The van der Waals surface area contributed by atoms with Crippen molar-refractivity contribution >= 4 is 17.2 Å². The Labute approximate surface area is 117 Å². The number of hydrogen-bond donors (Lipinski definition) is 1. The fourth-order valence-corrected chi connectivity index (χ4v) is 3.36. The molecule has 1 saturated carbocycles. The van der Waals surface area contributed by atoms with Crippen LogP contribution in [-0.2, 0) is 0 Å². The molecule has 0 bridgehead atoms. The molecule has 2 aliphatic rings. The molecule has 3 rings (SSSR count). The molecule has 2 fully saturated rings. The zero-order chi connectivity index (χ0) is 13.4. The average molecular weight is 280 g/mol. The summed E-state index contributed by atoms with van der Waals surface area (Å²) in [5.41, 5.74) is 0. The van der Waals surface area contributed by atoms with Crippen LogP contribution in [0.4, 0.5) is 0 Å². The van der Waals surface area contributed by atoms with Gasteiger partial charge in [0.2, 0.25) is 5.01 Å². The van der Waals surface area contributed by atoms with Crippen molar-refractivity contribution in [1.29, 1.82) is 0 Å². The minimum Gasteiger partial charge on any atom is -0.346 e. The quantitative estimate of drug-likeness (QED) is 0.910. The van der Waals surface area contributed by atoms with Gasteiger partial charge < -0.3 is 5.32 Å². The van der Waals surface area contributed by atoms with E-state index in [-0.39, 0.29) is 11.9 Å². The largest absolute Gasteiger partial charge is 0.346 e. The van der Waals surface area contributed by atoms with Crippen LogP contribution in [0.5, 0.6) is 0 Å². The highest BCUT2D eigenvalue weighted by molar-refractivity contribution is 7.13. The molecule has 1 N–H and O–H groups in total. The summed E-state index contributed by atoms with van der Waals surface area (Å²) in [6.07, 6.45) is 3.42. The van der Waals surface area contributed by atoms with E-state index in [1.807, 2.05) is 0 Å². The van der Waals surface area contributed by atoms with Crippen LogP contribution in [0.2, 0.25) is 0 Å². The molecule has 1 amide bonds. The summed E-state index contributed by atoms with van der Waals surface area (Å²) in [6.45, 7) is 6.39. The van der Waals surface area contributed by atoms with E-state index in [9.17, 15) is 4.79 Å². The maximum atomic E-state index is 12.1.